The molecule has 1 aliphatic heterocycles. The van der Waals surface area contributed by atoms with Crippen molar-refractivity contribution in [2.75, 3.05) is 6.61 Å². The molecule has 60 heavy (non-hydrogen) atoms. The zero-order valence-corrected chi connectivity index (χ0v) is 44.5. The highest BCUT2D eigenvalue weighted by Crippen LogP contribution is 2.56. The average molecular weight is 999 g/mol. The zero-order chi connectivity index (χ0) is 43.2. The summed E-state index contributed by atoms with van der Waals surface area (Å²) in [6.07, 6.45) is 1.55. The molecule has 3 aromatic carbocycles. The summed E-state index contributed by atoms with van der Waals surface area (Å²) in [6, 6.07) is 31.4. The number of aromatic nitrogens is 4. The minimum absolute atomic E-state index is 0. The first-order valence-corrected chi connectivity index (χ1v) is 31.4. The molecule has 4 atom stereocenters. The van der Waals surface area contributed by atoms with E-state index in [4.69, 9.17) is 37.5 Å². The van der Waals surface area contributed by atoms with Crippen LogP contribution in [0.5, 0.6) is 5.88 Å². The van der Waals surface area contributed by atoms with Gasteiger partial charge in [0, 0.05) is 0 Å². The molecule has 6 rings (SSSR count). The first-order valence-electron chi connectivity index (χ1n) is 21.0. The maximum atomic E-state index is 7.48. The number of fused-ring (bicyclic) bond motifs is 1. The predicted molar refractivity (Wildman–Crippen MR) is 252 cm³/mol. The molecular formula is C46H68IN4O5PSi3. The number of nitrogens with zero attached hydrogens (tertiary/aromatic N) is 4. The SMILES string of the molecule is CC(C)(C)[Si](C)(C)OC[C@H]1O[C@@H](n2cnc3c(O[P+](c4ccccc4)(c4ccccc4)c4ccccc4)ncnc32)[C@H](O[Si](C)(C)C(C)(C)C)[C@@H]1O[Si](C)(C)C(C)(C)C.[I-]. The van der Waals surface area contributed by atoms with Gasteiger partial charge >= 0.3 is 0 Å². The van der Waals surface area contributed by atoms with Crippen LogP contribution >= 0.6 is 7.49 Å². The topological polar surface area (TPSA) is 89.8 Å². The third-order valence-corrected chi connectivity index (χ3v) is 30.3. The average Bonchev–Trinajstić information content (AvgIpc) is 3.73. The van der Waals surface area contributed by atoms with Crippen LogP contribution in [0.2, 0.25) is 54.4 Å². The predicted octanol–water partition coefficient (Wildman–Crippen LogP) is 7.82. The van der Waals surface area contributed by atoms with Crippen LogP contribution in [0, 0.1) is 0 Å². The molecule has 0 radical (unpaired) electrons. The fourth-order valence-corrected chi connectivity index (χ4v) is 13.6. The maximum Gasteiger partial charge on any atom is 0.297 e. The Bertz CT molecular complexity index is 2080. The number of hydrogen-bond donors (Lipinski definition) is 0. The molecule has 1 saturated heterocycles. The van der Waals surface area contributed by atoms with Gasteiger partial charge in [-0.15, -0.1) is 0 Å². The van der Waals surface area contributed by atoms with Crippen LogP contribution in [0.15, 0.2) is 104 Å². The minimum Gasteiger partial charge on any atom is -1.00 e. The second-order valence-electron chi connectivity index (χ2n) is 20.5. The molecule has 0 N–H and O–H groups in total. The highest BCUT2D eigenvalue weighted by atomic mass is 127. The molecular weight excluding hydrogens is 931 g/mol. The van der Waals surface area contributed by atoms with Crippen LogP contribution in [0.1, 0.15) is 68.5 Å². The molecule has 3 heterocycles. The lowest BCUT2D eigenvalue weighted by Crippen LogP contribution is -3.00. The van der Waals surface area contributed by atoms with Crippen molar-refractivity contribution < 1.29 is 46.5 Å². The second-order valence-corrected chi connectivity index (χ2v) is 37.8. The van der Waals surface area contributed by atoms with E-state index in [2.05, 4.69) is 174 Å². The first kappa shape index (κ1) is 48.7. The van der Waals surface area contributed by atoms with E-state index >= 15 is 0 Å². The summed E-state index contributed by atoms with van der Waals surface area (Å²) in [6.45, 7) is 34.7. The number of ether oxygens (including phenoxy) is 1. The summed E-state index contributed by atoms with van der Waals surface area (Å²) >= 11 is 0. The fraction of sp³-hybridized carbons (Fsp3) is 0.500. The summed E-state index contributed by atoms with van der Waals surface area (Å²) < 4.78 is 38.6. The van der Waals surface area contributed by atoms with Crippen molar-refractivity contribution in [3.8, 4) is 5.88 Å². The number of rotatable bonds is 13. The largest absolute Gasteiger partial charge is 1.00 e. The van der Waals surface area contributed by atoms with Gasteiger partial charge < -0.3 is 46.5 Å². The molecule has 1 fully saturated rings. The van der Waals surface area contributed by atoms with Crippen molar-refractivity contribution in [2.45, 2.75) is 141 Å². The highest BCUT2D eigenvalue weighted by Gasteiger charge is 2.56. The van der Waals surface area contributed by atoms with Gasteiger partial charge in [0.25, 0.3) is 13.4 Å². The van der Waals surface area contributed by atoms with Crippen molar-refractivity contribution in [1.29, 1.82) is 0 Å². The van der Waals surface area contributed by atoms with E-state index in [-0.39, 0.29) is 51.3 Å². The Hall–Kier alpha value is -2.34. The molecule has 0 aliphatic carbocycles. The molecule has 0 spiro atoms. The Kier molecular flexibility index (Phi) is 14.6. The Morgan fingerprint density at radius 3 is 1.47 bits per heavy atom. The summed E-state index contributed by atoms with van der Waals surface area (Å²) in [5, 5.41) is 3.14. The number of hydrogen-bond acceptors (Lipinski definition) is 8. The van der Waals surface area contributed by atoms with Crippen LogP contribution in [0.4, 0.5) is 0 Å². The van der Waals surface area contributed by atoms with Gasteiger partial charge in [0.2, 0.25) is 0 Å². The Balaban J connectivity index is 0.00000683. The van der Waals surface area contributed by atoms with E-state index < -0.39 is 44.8 Å². The van der Waals surface area contributed by atoms with Gasteiger partial charge in [-0.1, -0.05) is 117 Å². The molecule has 326 valence electrons. The lowest BCUT2D eigenvalue weighted by Gasteiger charge is -2.44. The van der Waals surface area contributed by atoms with Gasteiger partial charge in [-0.25, -0.2) is 9.97 Å². The fourth-order valence-electron chi connectivity index (χ4n) is 6.61. The Morgan fingerprint density at radius 1 is 0.600 bits per heavy atom. The molecule has 0 unspecified atom stereocenters. The van der Waals surface area contributed by atoms with Crippen molar-refractivity contribution >= 4 is 59.5 Å². The molecule has 0 bridgehead atoms. The summed E-state index contributed by atoms with van der Waals surface area (Å²) in [4.78, 5) is 14.8. The van der Waals surface area contributed by atoms with Crippen molar-refractivity contribution in [3.05, 3.63) is 104 Å². The zero-order valence-electron chi connectivity index (χ0n) is 38.5. The van der Waals surface area contributed by atoms with Crippen LogP contribution in [-0.2, 0) is 18.0 Å². The summed E-state index contributed by atoms with van der Waals surface area (Å²) in [5.74, 6) is 0.408. The number of benzene rings is 3. The molecule has 1 aliphatic rings. The van der Waals surface area contributed by atoms with Gasteiger partial charge in [0.05, 0.1) is 12.9 Å². The molecule has 14 heteroatoms. The van der Waals surface area contributed by atoms with Crippen LogP contribution in [-0.4, -0.2) is 69.4 Å². The molecule has 0 amide bonds. The second kappa shape index (κ2) is 18.0. The normalized spacial score (nSPS) is 19.6. The smallest absolute Gasteiger partial charge is 0.297 e. The standard InChI is InChI=1S/C46H68N4O5PSi3.HI/c1-44(2,3)57(10,11)51-31-37-39(54-58(12,13)45(4,5)6)40(55-59(14,15)46(7,8)9)43(52-37)50-33-49-38-41(50)47-32-48-42(38)53-56(34-25-19-16-20-26-34,35-27-21-17-22-28-35)36-29-23-18-24-30-36;/h16-30,32-33,37,39-40,43H,31H2,1-15H3;1H/q+1;/p-1/t37-,39-,40-,43-;/m1./s1. The van der Waals surface area contributed by atoms with E-state index in [1.807, 2.05) is 29.1 Å². The van der Waals surface area contributed by atoms with Crippen molar-refractivity contribution in [1.82, 2.24) is 19.5 Å². The highest BCUT2D eigenvalue weighted by molar-refractivity contribution is 7.92. The lowest BCUT2D eigenvalue weighted by atomic mass is 10.1. The van der Waals surface area contributed by atoms with Gasteiger partial charge in [-0.3, -0.25) is 4.57 Å². The quantitative estimate of drug-likeness (QED) is 0.0671. The van der Waals surface area contributed by atoms with Gasteiger partial charge in [0.1, 0.15) is 40.6 Å². The number of imidazole rings is 1. The minimum atomic E-state index is -2.77. The maximum absolute atomic E-state index is 7.48. The van der Waals surface area contributed by atoms with Gasteiger partial charge in [-0.2, -0.15) is 4.98 Å². The summed E-state index contributed by atoms with van der Waals surface area (Å²) in [7, 11) is -9.66. The Labute approximate surface area is 380 Å². The van der Waals surface area contributed by atoms with Crippen LogP contribution in [0.25, 0.3) is 11.2 Å². The summed E-state index contributed by atoms with van der Waals surface area (Å²) in [5.41, 5.74) is 1.16. The van der Waals surface area contributed by atoms with E-state index in [0.29, 0.717) is 23.7 Å². The van der Waals surface area contributed by atoms with E-state index in [1.54, 1.807) is 6.33 Å². The number of halogens is 1. The Morgan fingerprint density at radius 2 is 1.03 bits per heavy atom. The lowest BCUT2D eigenvalue weighted by molar-refractivity contribution is -0.0470. The van der Waals surface area contributed by atoms with Gasteiger partial charge in [0.15, 0.2) is 42.3 Å². The first-order chi connectivity index (χ1) is 27.4. The van der Waals surface area contributed by atoms with Crippen LogP contribution in [0.3, 0.4) is 0 Å². The monoisotopic (exact) mass is 998 g/mol. The van der Waals surface area contributed by atoms with Crippen LogP contribution < -0.4 is 44.4 Å². The van der Waals surface area contributed by atoms with E-state index in [0.717, 1.165) is 15.9 Å². The molecule has 5 aromatic rings. The third-order valence-electron chi connectivity index (χ3n) is 13.4. The van der Waals surface area contributed by atoms with Gasteiger partial charge in [-0.05, 0) is 90.8 Å². The molecule has 2 aromatic heterocycles. The van der Waals surface area contributed by atoms with Crippen molar-refractivity contribution in [2.24, 2.45) is 0 Å². The van der Waals surface area contributed by atoms with E-state index in [1.165, 1.54) is 0 Å². The van der Waals surface area contributed by atoms with Crippen molar-refractivity contribution in [3.63, 3.8) is 0 Å². The van der Waals surface area contributed by atoms with E-state index in [9.17, 15) is 0 Å². The molecule has 0 saturated carbocycles. The third kappa shape index (κ3) is 9.74. The molecule has 9 nitrogen and oxygen atoms in total.